The molecule has 0 heterocycles. The van der Waals surface area contributed by atoms with Crippen LogP contribution in [0, 0.1) is 27.7 Å². The van der Waals surface area contributed by atoms with Gasteiger partial charge < -0.3 is 15.5 Å². The van der Waals surface area contributed by atoms with E-state index >= 15 is 0 Å². The lowest BCUT2D eigenvalue weighted by molar-refractivity contribution is 0.466. The van der Waals surface area contributed by atoms with Crippen molar-refractivity contribution in [3.05, 3.63) is 57.6 Å². The summed E-state index contributed by atoms with van der Waals surface area (Å²) in [6, 6.07) is 8.01. The van der Waals surface area contributed by atoms with Crippen molar-refractivity contribution in [1.29, 1.82) is 0 Å². The van der Waals surface area contributed by atoms with Gasteiger partial charge in [0.15, 0.2) is 0 Å². The maximum atomic E-state index is 9.78. The lowest BCUT2D eigenvalue weighted by Gasteiger charge is -2.11. The Labute approximate surface area is 138 Å². The summed E-state index contributed by atoms with van der Waals surface area (Å²) >= 11 is 0. The molecular formula is C18H24ClNO2. The first-order valence-electron chi connectivity index (χ1n) is 7.17. The fourth-order valence-corrected chi connectivity index (χ4v) is 2.65. The highest BCUT2D eigenvalue weighted by atomic mass is 35.5. The van der Waals surface area contributed by atoms with Gasteiger partial charge in [0.05, 0.1) is 0 Å². The molecule has 120 valence electrons. The van der Waals surface area contributed by atoms with Crippen LogP contribution in [0.15, 0.2) is 24.3 Å². The highest BCUT2D eigenvalue weighted by Crippen LogP contribution is 2.24. The molecule has 0 saturated carbocycles. The van der Waals surface area contributed by atoms with E-state index in [9.17, 15) is 10.2 Å². The van der Waals surface area contributed by atoms with Gasteiger partial charge in [0.25, 0.3) is 0 Å². The summed E-state index contributed by atoms with van der Waals surface area (Å²) in [6.45, 7) is 9.16. The monoisotopic (exact) mass is 321 g/mol. The third kappa shape index (κ3) is 4.15. The number of hydrogen-bond acceptors (Lipinski definition) is 3. The van der Waals surface area contributed by atoms with Gasteiger partial charge >= 0.3 is 0 Å². The SMILES string of the molecule is Cc1cc(CNCc2cc(C)c(O)c(C)c2)cc(C)c1O.Cl. The number of hydrogen-bond donors (Lipinski definition) is 3. The van der Waals surface area contributed by atoms with Crippen molar-refractivity contribution in [2.75, 3.05) is 0 Å². The Balaban J connectivity index is 0.00000242. The Kier molecular flexibility index (Phi) is 6.27. The predicted molar refractivity (Wildman–Crippen MR) is 93.0 cm³/mol. The molecular weight excluding hydrogens is 298 g/mol. The molecule has 0 saturated heterocycles. The number of halogens is 1. The van der Waals surface area contributed by atoms with Crippen molar-refractivity contribution in [2.45, 2.75) is 40.8 Å². The van der Waals surface area contributed by atoms with E-state index in [2.05, 4.69) is 5.32 Å². The van der Waals surface area contributed by atoms with Crippen molar-refractivity contribution in [2.24, 2.45) is 0 Å². The van der Waals surface area contributed by atoms with Gasteiger partial charge in [-0.2, -0.15) is 0 Å². The molecule has 0 bridgehead atoms. The third-order valence-corrected chi connectivity index (χ3v) is 3.76. The number of aryl methyl sites for hydroxylation is 4. The van der Waals surface area contributed by atoms with E-state index in [-0.39, 0.29) is 12.4 Å². The normalized spacial score (nSPS) is 10.4. The summed E-state index contributed by atoms with van der Waals surface area (Å²) in [5, 5.41) is 23.0. The van der Waals surface area contributed by atoms with Crippen LogP contribution < -0.4 is 5.32 Å². The molecule has 2 aromatic carbocycles. The zero-order valence-corrected chi connectivity index (χ0v) is 14.3. The van der Waals surface area contributed by atoms with Crippen molar-refractivity contribution in [3.63, 3.8) is 0 Å². The molecule has 0 unspecified atom stereocenters. The molecule has 3 N–H and O–H groups in total. The van der Waals surface area contributed by atoms with E-state index < -0.39 is 0 Å². The average Bonchev–Trinajstić information content (AvgIpc) is 2.42. The van der Waals surface area contributed by atoms with Crippen molar-refractivity contribution in [1.82, 2.24) is 5.32 Å². The Bertz CT molecular complexity index is 565. The van der Waals surface area contributed by atoms with Crippen molar-refractivity contribution in [3.8, 4) is 11.5 Å². The number of rotatable bonds is 4. The lowest BCUT2D eigenvalue weighted by Crippen LogP contribution is -2.13. The minimum Gasteiger partial charge on any atom is -0.507 e. The molecule has 0 radical (unpaired) electrons. The Hall–Kier alpha value is -1.71. The van der Waals surface area contributed by atoms with Crippen LogP contribution in [0.3, 0.4) is 0 Å². The molecule has 0 aliphatic carbocycles. The fourth-order valence-electron chi connectivity index (χ4n) is 2.65. The van der Waals surface area contributed by atoms with Crippen LogP contribution in [0.25, 0.3) is 0 Å². The van der Waals surface area contributed by atoms with Gasteiger partial charge in [0.2, 0.25) is 0 Å². The van der Waals surface area contributed by atoms with Crippen LogP contribution >= 0.6 is 12.4 Å². The number of phenols is 2. The maximum Gasteiger partial charge on any atom is 0.121 e. The zero-order valence-electron chi connectivity index (χ0n) is 13.5. The summed E-state index contributed by atoms with van der Waals surface area (Å²) in [6.07, 6.45) is 0. The number of aromatic hydroxyl groups is 2. The first-order chi connectivity index (χ1) is 9.88. The molecule has 2 rings (SSSR count). The van der Waals surface area contributed by atoms with E-state index in [1.165, 1.54) is 0 Å². The Morgan fingerprint density at radius 2 is 0.955 bits per heavy atom. The first-order valence-corrected chi connectivity index (χ1v) is 7.17. The van der Waals surface area contributed by atoms with Crippen LogP contribution in [-0.2, 0) is 13.1 Å². The standard InChI is InChI=1S/C18H23NO2.ClH/c1-11-5-15(6-12(2)17(11)20)9-19-10-16-7-13(3)18(21)14(4)8-16;/h5-8,19-21H,9-10H2,1-4H3;1H. The van der Waals surface area contributed by atoms with Gasteiger partial charge in [0.1, 0.15) is 11.5 Å². The van der Waals surface area contributed by atoms with Crippen molar-refractivity contribution < 1.29 is 10.2 Å². The summed E-state index contributed by atoms with van der Waals surface area (Å²) < 4.78 is 0. The van der Waals surface area contributed by atoms with Gasteiger partial charge in [-0.05, 0) is 61.1 Å². The molecule has 4 heteroatoms. The van der Waals surface area contributed by atoms with Crippen LogP contribution in [0.1, 0.15) is 33.4 Å². The highest BCUT2D eigenvalue weighted by molar-refractivity contribution is 5.85. The van der Waals surface area contributed by atoms with E-state index in [4.69, 9.17) is 0 Å². The van der Waals surface area contributed by atoms with Gasteiger partial charge in [0, 0.05) is 13.1 Å². The lowest BCUT2D eigenvalue weighted by atomic mass is 10.0. The van der Waals surface area contributed by atoms with E-state index in [0.717, 1.165) is 46.5 Å². The van der Waals surface area contributed by atoms with Gasteiger partial charge in [-0.3, -0.25) is 0 Å². The van der Waals surface area contributed by atoms with Crippen molar-refractivity contribution >= 4 is 12.4 Å². The molecule has 0 fully saturated rings. The predicted octanol–water partition coefficient (Wildman–Crippen LogP) is 4.04. The molecule has 2 aromatic rings. The second-order valence-corrected chi connectivity index (χ2v) is 5.76. The molecule has 3 nitrogen and oxygen atoms in total. The Morgan fingerprint density at radius 1 is 0.682 bits per heavy atom. The second-order valence-electron chi connectivity index (χ2n) is 5.76. The molecule has 0 aromatic heterocycles. The Morgan fingerprint density at radius 3 is 1.23 bits per heavy atom. The summed E-state index contributed by atoms with van der Waals surface area (Å²) in [5.41, 5.74) is 5.95. The smallest absolute Gasteiger partial charge is 0.121 e. The van der Waals surface area contributed by atoms with Gasteiger partial charge in [-0.1, -0.05) is 24.3 Å². The molecule has 0 spiro atoms. The number of benzene rings is 2. The summed E-state index contributed by atoms with van der Waals surface area (Å²) in [5.74, 6) is 0.757. The molecule has 0 aliphatic rings. The quantitative estimate of drug-likeness (QED) is 0.796. The third-order valence-electron chi connectivity index (χ3n) is 3.76. The fraction of sp³-hybridized carbons (Fsp3) is 0.333. The zero-order chi connectivity index (χ0) is 15.6. The molecule has 0 amide bonds. The minimum atomic E-state index is 0. The topological polar surface area (TPSA) is 52.5 Å². The molecule has 22 heavy (non-hydrogen) atoms. The number of phenolic OH excluding ortho intramolecular Hbond substituents is 2. The van der Waals surface area contributed by atoms with Crippen LogP contribution in [0.4, 0.5) is 0 Å². The summed E-state index contributed by atoms with van der Waals surface area (Å²) in [7, 11) is 0. The van der Waals surface area contributed by atoms with Gasteiger partial charge in [-0.15, -0.1) is 12.4 Å². The number of nitrogens with one attached hydrogen (secondary N) is 1. The summed E-state index contributed by atoms with van der Waals surface area (Å²) in [4.78, 5) is 0. The highest BCUT2D eigenvalue weighted by Gasteiger charge is 2.05. The van der Waals surface area contributed by atoms with E-state index in [1.54, 1.807) is 0 Å². The maximum absolute atomic E-state index is 9.78. The first kappa shape index (κ1) is 18.3. The van der Waals surface area contributed by atoms with Crippen LogP contribution in [-0.4, -0.2) is 10.2 Å². The van der Waals surface area contributed by atoms with E-state index in [1.807, 2.05) is 52.0 Å². The van der Waals surface area contributed by atoms with Gasteiger partial charge in [-0.25, -0.2) is 0 Å². The largest absolute Gasteiger partial charge is 0.507 e. The molecule has 0 aliphatic heterocycles. The van der Waals surface area contributed by atoms with Crippen LogP contribution in [0.2, 0.25) is 0 Å². The second kappa shape index (κ2) is 7.52. The van der Waals surface area contributed by atoms with Crippen LogP contribution in [0.5, 0.6) is 11.5 Å². The molecule has 0 atom stereocenters. The van der Waals surface area contributed by atoms with E-state index in [0.29, 0.717) is 11.5 Å². The average molecular weight is 322 g/mol. The minimum absolute atomic E-state index is 0.